The normalized spacial score (nSPS) is 17.5. The van der Waals surface area contributed by atoms with Crippen molar-refractivity contribution in [2.75, 3.05) is 6.61 Å². The minimum Gasteiger partial charge on any atom is -0.460 e. The summed E-state index contributed by atoms with van der Waals surface area (Å²) in [6.45, 7) is 6.89. The topological polar surface area (TPSA) is 43.4 Å². The third-order valence-corrected chi connectivity index (χ3v) is 4.89. The maximum absolute atomic E-state index is 11.9. The number of ether oxygens (including phenoxy) is 1. The Balaban J connectivity index is 2.22. The molecular formula is C19H32O3. The average molecular weight is 308 g/mol. The maximum atomic E-state index is 11.9. The van der Waals surface area contributed by atoms with Crippen LogP contribution in [-0.4, -0.2) is 18.4 Å². The van der Waals surface area contributed by atoms with Gasteiger partial charge in [-0.1, -0.05) is 44.8 Å². The van der Waals surface area contributed by atoms with E-state index >= 15 is 0 Å². The lowest BCUT2D eigenvalue weighted by molar-refractivity contribution is -0.155. The predicted octanol–water partition coefficient (Wildman–Crippen LogP) is 4.84. The van der Waals surface area contributed by atoms with Crippen LogP contribution in [-0.2, 0) is 14.3 Å². The van der Waals surface area contributed by atoms with E-state index in [9.17, 15) is 9.59 Å². The summed E-state index contributed by atoms with van der Waals surface area (Å²) in [5.74, 6) is -0.414. The minimum atomic E-state index is -0.608. The van der Waals surface area contributed by atoms with E-state index in [0.29, 0.717) is 12.5 Å². The lowest BCUT2D eigenvalue weighted by atomic mass is 9.96. The van der Waals surface area contributed by atoms with Gasteiger partial charge in [-0.3, -0.25) is 4.79 Å². The molecule has 0 bridgehead atoms. The van der Waals surface area contributed by atoms with E-state index in [1.54, 1.807) is 0 Å². The standard InChI is InChI=1S/C19H32O3/c1-4-15(3)9-8-10-16(5-2)13-14-22-19(21)18(20)17-11-6-7-12-17/h9,16-17H,4-8,10-14H2,1-3H3. The van der Waals surface area contributed by atoms with Crippen LogP contribution >= 0.6 is 0 Å². The molecule has 0 aromatic carbocycles. The number of ketones is 1. The highest BCUT2D eigenvalue weighted by molar-refractivity contribution is 6.34. The highest BCUT2D eigenvalue weighted by atomic mass is 16.5. The fraction of sp³-hybridized carbons (Fsp3) is 0.789. The number of hydrogen-bond donors (Lipinski definition) is 0. The molecule has 1 fully saturated rings. The fourth-order valence-electron chi connectivity index (χ4n) is 3.01. The molecule has 0 aliphatic heterocycles. The van der Waals surface area contributed by atoms with Crippen LogP contribution in [0, 0.1) is 11.8 Å². The van der Waals surface area contributed by atoms with Gasteiger partial charge in [-0.25, -0.2) is 4.79 Å². The molecule has 0 spiro atoms. The van der Waals surface area contributed by atoms with Crippen molar-refractivity contribution in [3.63, 3.8) is 0 Å². The molecule has 0 amide bonds. The summed E-state index contributed by atoms with van der Waals surface area (Å²) in [5, 5.41) is 0. The zero-order chi connectivity index (χ0) is 16.4. The lowest BCUT2D eigenvalue weighted by Crippen LogP contribution is -2.25. The Kier molecular flexibility index (Phi) is 9.10. The number of carbonyl (C=O) groups is 2. The van der Waals surface area contributed by atoms with Crippen LogP contribution in [0.1, 0.15) is 78.6 Å². The van der Waals surface area contributed by atoms with Gasteiger partial charge < -0.3 is 4.74 Å². The van der Waals surface area contributed by atoms with E-state index in [2.05, 4.69) is 26.8 Å². The summed E-state index contributed by atoms with van der Waals surface area (Å²) in [7, 11) is 0. The van der Waals surface area contributed by atoms with E-state index in [1.807, 2.05) is 0 Å². The number of rotatable bonds is 10. The Bertz CT molecular complexity index is 378. The monoisotopic (exact) mass is 308 g/mol. The van der Waals surface area contributed by atoms with Crippen LogP contribution in [0.3, 0.4) is 0 Å². The van der Waals surface area contributed by atoms with Gasteiger partial charge in [0, 0.05) is 5.92 Å². The van der Waals surface area contributed by atoms with Crippen molar-refractivity contribution >= 4 is 11.8 Å². The molecule has 1 unspecified atom stereocenters. The molecule has 0 aromatic heterocycles. The first-order chi connectivity index (χ1) is 10.6. The van der Waals surface area contributed by atoms with Gasteiger partial charge in [-0.05, 0) is 51.4 Å². The van der Waals surface area contributed by atoms with Crippen LogP contribution in [0.2, 0.25) is 0 Å². The highest BCUT2D eigenvalue weighted by Crippen LogP contribution is 2.26. The van der Waals surface area contributed by atoms with Crippen LogP contribution in [0.25, 0.3) is 0 Å². The first-order valence-corrected chi connectivity index (χ1v) is 8.95. The van der Waals surface area contributed by atoms with Crippen LogP contribution in [0.15, 0.2) is 11.6 Å². The molecule has 22 heavy (non-hydrogen) atoms. The van der Waals surface area contributed by atoms with Gasteiger partial charge in [0.15, 0.2) is 0 Å². The molecule has 3 nitrogen and oxygen atoms in total. The Morgan fingerprint density at radius 3 is 2.45 bits per heavy atom. The Hall–Kier alpha value is -1.12. The molecule has 126 valence electrons. The van der Waals surface area contributed by atoms with Crippen LogP contribution in [0.4, 0.5) is 0 Å². The van der Waals surface area contributed by atoms with E-state index in [1.165, 1.54) is 5.57 Å². The van der Waals surface area contributed by atoms with E-state index < -0.39 is 5.97 Å². The van der Waals surface area contributed by atoms with Gasteiger partial charge in [-0.2, -0.15) is 0 Å². The molecule has 0 aromatic rings. The van der Waals surface area contributed by atoms with Crippen molar-refractivity contribution in [3.8, 4) is 0 Å². The summed E-state index contributed by atoms with van der Waals surface area (Å²) < 4.78 is 5.19. The number of allylic oxidation sites excluding steroid dienone is 2. The van der Waals surface area contributed by atoms with E-state index in [4.69, 9.17) is 4.74 Å². The smallest absolute Gasteiger partial charge is 0.374 e. The van der Waals surface area contributed by atoms with Crippen LogP contribution in [0.5, 0.6) is 0 Å². The first-order valence-electron chi connectivity index (χ1n) is 8.95. The molecule has 1 aliphatic carbocycles. The summed E-state index contributed by atoms with van der Waals surface area (Å²) in [6, 6.07) is 0. The second-order valence-electron chi connectivity index (χ2n) is 6.53. The van der Waals surface area contributed by atoms with Gasteiger partial charge in [0.05, 0.1) is 6.61 Å². The Morgan fingerprint density at radius 2 is 1.86 bits per heavy atom. The maximum Gasteiger partial charge on any atom is 0.374 e. The van der Waals surface area contributed by atoms with Crippen molar-refractivity contribution in [2.45, 2.75) is 78.6 Å². The van der Waals surface area contributed by atoms with Gasteiger partial charge in [0.2, 0.25) is 5.78 Å². The van der Waals surface area contributed by atoms with Crippen molar-refractivity contribution in [3.05, 3.63) is 11.6 Å². The lowest BCUT2D eigenvalue weighted by Gasteiger charge is -2.14. The van der Waals surface area contributed by atoms with Gasteiger partial charge in [-0.15, -0.1) is 0 Å². The molecule has 0 saturated heterocycles. The molecule has 0 heterocycles. The van der Waals surface area contributed by atoms with E-state index in [-0.39, 0.29) is 11.7 Å². The molecule has 1 saturated carbocycles. The Morgan fingerprint density at radius 1 is 1.18 bits per heavy atom. The van der Waals surface area contributed by atoms with Crippen molar-refractivity contribution in [1.29, 1.82) is 0 Å². The zero-order valence-electron chi connectivity index (χ0n) is 14.5. The number of Topliss-reactive ketones (excluding diaryl/α,β-unsaturated/α-hetero) is 1. The molecule has 3 heteroatoms. The summed E-state index contributed by atoms with van der Waals surface area (Å²) in [6.07, 6.45) is 11.4. The molecule has 0 N–H and O–H groups in total. The van der Waals surface area contributed by atoms with Crippen molar-refractivity contribution in [2.24, 2.45) is 11.8 Å². The largest absolute Gasteiger partial charge is 0.460 e. The van der Waals surface area contributed by atoms with Crippen LogP contribution < -0.4 is 0 Å². The number of hydrogen-bond acceptors (Lipinski definition) is 3. The zero-order valence-corrected chi connectivity index (χ0v) is 14.5. The second kappa shape index (κ2) is 10.6. The second-order valence-corrected chi connectivity index (χ2v) is 6.53. The quantitative estimate of drug-likeness (QED) is 0.329. The molecule has 0 radical (unpaired) electrons. The third-order valence-electron chi connectivity index (χ3n) is 4.89. The number of carbonyl (C=O) groups excluding carboxylic acids is 2. The molecule has 1 aliphatic rings. The predicted molar refractivity (Wildman–Crippen MR) is 89.6 cm³/mol. The van der Waals surface area contributed by atoms with Gasteiger partial charge in [0.1, 0.15) is 0 Å². The molecule has 1 atom stereocenters. The first kappa shape index (κ1) is 18.9. The molecular weight excluding hydrogens is 276 g/mol. The average Bonchev–Trinajstić information content (AvgIpc) is 3.06. The summed E-state index contributed by atoms with van der Waals surface area (Å²) >= 11 is 0. The third kappa shape index (κ3) is 6.76. The van der Waals surface area contributed by atoms with Gasteiger partial charge in [0.25, 0.3) is 0 Å². The Labute approximate surface area is 135 Å². The van der Waals surface area contributed by atoms with Crippen molar-refractivity contribution in [1.82, 2.24) is 0 Å². The molecule has 1 rings (SSSR count). The SMILES string of the molecule is CCC(C)=CCCC(CC)CCOC(=O)C(=O)C1CCCC1. The minimum absolute atomic E-state index is 0.0726. The summed E-state index contributed by atoms with van der Waals surface area (Å²) in [4.78, 5) is 23.6. The number of esters is 1. The van der Waals surface area contributed by atoms with Gasteiger partial charge >= 0.3 is 5.97 Å². The van der Waals surface area contributed by atoms with E-state index in [0.717, 1.165) is 57.8 Å². The van der Waals surface area contributed by atoms with Crippen molar-refractivity contribution < 1.29 is 14.3 Å². The highest BCUT2D eigenvalue weighted by Gasteiger charge is 2.29. The summed E-state index contributed by atoms with van der Waals surface area (Å²) in [5.41, 5.74) is 1.43. The fourth-order valence-corrected chi connectivity index (χ4v) is 3.01.